The average molecular weight is 282 g/mol. The zero-order valence-corrected chi connectivity index (χ0v) is 15.3. The van der Waals surface area contributed by atoms with Crippen LogP contribution in [0, 0.1) is 17.8 Å². The lowest BCUT2D eigenvalue weighted by molar-refractivity contribution is 0.338. The van der Waals surface area contributed by atoms with Crippen molar-refractivity contribution in [3.8, 4) is 0 Å². The predicted octanol–water partition coefficient (Wildman–Crippen LogP) is 5.67. The van der Waals surface area contributed by atoms with Crippen LogP contribution in [0.2, 0.25) is 44.3 Å². The molecule has 0 aromatic rings. The molecule has 18 heavy (non-hydrogen) atoms. The van der Waals surface area contributed by atoms with Crippen LogP contribution in [0.25, 0.3) is 0 Å². The van der Waals surface area contributed by atoms with E-state index in [1.54, 1.807) is 44.6 Å². The summed E-state index contributed by atoms with van der Waals surface area (Å²) in [7, 11) is -0.845. The van der Waals surface area contributed by atoms with Gasteiger partial charge in [0.05, 0.1) is 0 Å². The lowest BCUT2D eigenvalue weighted by Crippen LogP contribution is -2.26. The lowest BCUT2D eigenvalue weighted by Gasteiger charge is -2.26. The molecule has 2 saturated carbocycles. The van der Waals surface area contributed by atoms with Gasteiger partial charge in [-0.05, 0) is 42.6 Å². The molecule has 0 amide bonds. The first-order chi connectivity index (χ1) is 8.36. The maximum Gasteiger partial charge on any atom is 0.0473 e. The number of hydrogen-bond acceptors (Lipinski definition) is 0. The molecule has 0 aromatic carbocycles. The maximum absolute atomic E-state index is 2.58. The Kier molecular flexibility index (Phi) is 4.80. The number of rotatable bonds is 4. The standard InChI is InChI=1S/C16H33Si2/c1-17(2)12-13-6-7-14(10-13)15-8-9-16(11-15)18(3,4)5/h13-16H,6-12H2,1-5H3. The highest BCUT2D eigenvalue weighted by Crippen LogP contribution is 2.50. The molecule has 0 heterocycles. The van der Waals surface area contributed by atoms with Gasteiger partial charge in [0.2, 0.25) is 0 Å². The van der Waals surface area contributed by atoms with E-state index in [4.69, 9.17) is 0 Å². The molecule has 2 heteroatoms. The van der Waals surface area contributed by atoms with E-state index in [1.807, 2.05) is 0 Å². The molecule has 2 aliphatic carbocycles. The van der Waals surface area contributed by atoms with Crippen molar-refractivity contribution in [3.63, 3.8) is 0 Å². The zero-order chi connectivity index (χ0) is 13.3. The molecule has 2 fully saturated rings. The summed E-state index contributed by atoms with van der Waals surface area (Å²) in [4.78, 5) is 0. The first kappa shape index (κ1) is 14.8. The zero-order valence-electron chi connectivity index (χ0n) is 13.3. The Bertz CT molecular complexity index is 267. The minimum atomic E-state index is -0.855. The molecular weight excluding hydrogens is 248 g/mol. The summed E-state index contributed by atoms with van der Waals surface area (Å²) in [5.41, 5.74) is 1.14. The van der Waals surface area contributed by atoms with Crippen LogP contribution in [0.15, 0.2) is 0 Å². The van der Waals surface area contributed by atoms with E-state index in [-0.39, 0.29) is 8.80 Å². The molecular formula is C16H33Si2. The van der Waals surface area contributed by atoms with E-state index in [2.05, 4.69) is 32.7 Å². The quantitative estimate of drug-likeness (QED) is 0.583. The highest BCUT2D eigenvalue weighted by atomic mass is 28.3. The third-order valence-corrected chi connectivity index (χ3v) is 10.0. The van der Waals surface area contributed by atoms with Gasteiger partial charge in [-0.25, -0.2) is 0 Å². The van der Waals surface area contributed by atoms with Crippen LogP contribution in [0.4, 0.5) is 0 Å². The summed E-state index contributed by atoms with van der Waals surface area (Å²) in [5, 5.41) is 0. The van der Waals surface area contributed by atoms with Crippen molar-refractivity contribution in [1.29, 1.82) is 0 Å². The Hall–Kier alpha value is 0.434. The van der Waals surface area contributed by atoms with Gasteiger partial charge < -0.3 is 0 Å². The highest BCUT2D eigenvalue weighted by Gasteiger charge is 2.39. The molecule has 0 saturated heterocycles. The van der Waals surface area contributed by atoms with Gasteiger partial charge in [0.1, 0.15) is 0 Å². The molecule has 1 radical (unpaired) electrons. The molecule has 0 nitrogen and oxygen atoms in total. The normalized spacial score (nSPS) is 37.7. The average Bonchev–Trinajstić information content (AvgIpc) is 2.81. The van der Waals surface area contributed by atoms with Crippen LogP contribution in [-0.4, -0.2) is 16.9 Å². The van der Waals surface area contributed by atoms with Gasteiger partial charge in [0.25, 0.3) is 0 Å². The van der Waals surface area contributed by atoms with Gasteiger partial charge in [0, 0.05) is 16.9 Å². The van der Waals surface area contributed by atoms with Crippen molar-refractivity contribution in [3.05, 3.63) is 0 Å². The SMILES string of the molecule is C[Si](C)CC1CCC(C2CCC([Si](C)(C)C)C2)C1. The van der Waals surface area contributed by atoms with Gasteiger partial charge in [-0.3, -0.25) is 0 Å². The summed E-state index contributed by atoms with van der Waals surface area (Å²) < 4.78 is 0. The fourth-order valence-electron chi connectivity index (χ4n) is 4.54. The Morgan fingerprint density at radius 2 is 1.50 bits per heavy atom. The van der Waals surface area contributed by atoms with Crippen LogP contribution in [0.5, 0.6) is 0 Å². The van der Waals surface area contributed by atoms with Crippen molar-refractivity contribution < 1.29 is 0 Å². The molecule has 0 bridgehead atoms. The molecule has 0 aliphatic heterocycles. The Morgan fingerprint density at radius 3 is 2.06 bits per heavy atom. The van der Waals surface area contributed by atoms with Crippen LogP contribution < -0.4 is 0 Å². The van der Waals surface area contributed by atoms with E-state index >= 15 is 0 Å². The van der Waals surface area contributed by atoms with Crippen LogP contribution in [0.3, 0.4) is 0 Å². The van der Waals surface area contributed by atoms with E-state index in [1.165, 1.54) is 0 Å². The molecule has 4 unspecified atom stereocenters. The smallest absolute Gasteiger partial charge is 0.0473 e. The van der Waals surface area contributed by atoms with Gasteiger partial charge in [0.15, 0.2) is 0 Å². The van der Waals surface area contributed by atoms with E-state index in [0.717, 1.165) is 23.3 Å². The first-order valence-electron chi connectivity index (χ1n) is 8.15. The van der Waals surface area contributed by atoms with Gasteiger partial charge in [-0.2, -0.15) is 0 Å². The molecule has 2 rings (SSSR count). The van der Waals surface area contributed by atoms with Gasteiger partial charge in [-0.1, -0.05) is 58.0 Å². The fourth-order valence-corrected chi connectivity index (χ4v) is 8.10. The van der Waals surface area contributed by atoms with Crippen LogP contribution in [-0.2, 0) is 0 Å². The van der Waals surface area contributed by atoms with Gasteiger partial charge >= 0.3 is 0 Å². The molecule has 0 aromatic heterocycles. The fraction of sp³-hybridized carbons (Fsp3) is 1.00. The van der Waals surface area contributed by atoms with E-state index < -0.39 is 8.07 Å². The molecule has 105 valence electrons. The maximum atomic E-state index is 2.58. The van der Waals surface area contributed by atoms with Crippen molar-refractivity contribution >= 4 is 16.9 Å². The minimum Gasteiger partial charge on any atom is -0.0713 e. The third-order valence-electron chi connectivity index (χ3n) is 5.64. The highest BCUT2D eigenvalue weighted by molar-refractivity contribution is 6.77. The van der Waals surface area contributed by atoms with E-state index in [0.29, 0.717) is 0 Å². The third kappa shape index (κ3) is 3.72. The number of hydrogen-bond donors (Lipinski definition) is 0. The summed E-state index contributed by atoms with van der Waals surface area (Å²) in [6.07, 6.45) is 9.47. The summed E-state index contributed by atoms with van der Waals surface area (Å²) >= 11 is 0. The largest absolute Gasteiger partial charge is 0.0713 e. The monoisotopic (exact) mass is 281 g/mol. The summed E-state index contributed by atoms with van der Waals surface area (Å²) in [6, 6.07) is 1.59. The molecule has 4 atom stereocenters. The lowest BCUT2D eigenvalue weighted by atomic mass is 9.89. The molecule has 0 N–H and O–H groups in total. The second-order valence-electron chi connectivity index (χ2n) is 8.49. The van der Waals surface area contributed by atoms with Crippen LogP contribution in [0.1, 0.15) is 38.5 Å². The van der Waals surface area contributed by atoms with E-state index in [9.17, 15) is 0 Å². The summed E-state index contributed by atoms with van der Waals surface area (Å²) in [5.74, 6) is 3.36. The minimum absolute atomic E-state index is 0.00964. The Morgan fingerprint density at radius 1 is 0.889 bits per heavy atom. The Balaban J connectivity index is 1.81. The molecule has 0 spiro atoms. The van der Waals surface area contributed by atoms with Crippen molar-refractivity contribution in [2.75, 3.05) is 0 Å². The van der Waals surface area contributed by atoms with Crippen molar-refractivity contribution in [2.45, 2.75) is 82.8 Å². The van der Waals surface area contributed by atoms with Crippen molar-refractivity contribution in [2.24, 2.45) is 17.8 Å². The van der Waals surface area contributed by atoms with Gasteiger partial charge in [-0.15, -0.1) is 0 Å². The Labute approximate surface area is 118 Å². The summed E-state index contributed by atoms with van der Waals surface area (Å²) in [6.45, 7) is 12.7. The van der Waals surface area contributed by atoms with Crippen molar-refractivity contribution in [1.82, 2.24) is 0 Å². The topological polar surface area (TPSA) is 0 Å². The second kappa shape index (κ2) is 5.82. The first-order valence-corrected chi connectivity index (χ1v) is 14.4. The molecule has 2 aliphatic rings. The predicted molar refractivity (Wildman–Crippen MR) is 87.6 cm³/mol. The van der Waals surface area contributed by atoms with Crippen LogP contribution >= 0.6 is 0 Å². The second-order valence-corrected chi connectivity index (χ2v) is 16.9.